The molecule has 0 heterocycles. The Bertz CT molecular complexity index is 424. The fraction of sp³-hybridized carbons (Fsp3) is 0.400. The summed E-state index contributed by atoms with van der Waals surface area (Å²) < 4.78 is 0. The number of aliphatic carboxylic acids is 1. The Balaban J connectivity index is 3.02. The van der Waals surface area contributed by atoms with E-state index in [4.69, 9.17) is 5.11 Å². The first kappa shape index (κ1) is 14.3. The van der Waals surface area contributed by atoms with Crippen LogP contribution in [0.15, 0.2) is 30.3 Å². The molecule has 3 heteroatoms. The topological polar surface area (TPSA) is 40.5 Å². The van der Waals surface area contributed by atoms with Crippen LogP contribution in [0, 0.1) is 5.92 Å². The first-order chi connectivity index (χ1) is 8.54. The molecule has 0 saturated carbocycles. The Hall–Kier alpha value is -1.77. The first-order valence-electron chi connectivity index (χ1n) is 6.29. The lowest BCUT2D eigenvalue weighted by atomic mass is 10.1. The van der Waals surface area contributed by atoms with Gasteiger partial charge in [0.25, 0.3) is 0 Å². The van der Waals surface area contributed by atoms with Crippen LogP contribution in [0.4, 0.5) is 5.69 Å². The van der Waals surface area contributed by atoms with Gasteiger partial charge in [-0.15, -0.1) is 0 Å². The van der Waals surface area contributed by atoms with E-state index in [9.17, 15) is 4.79 Å². The highest BCUT2D eigenvalue weighted by Crippen LogP contribution is 2.22. The Kier molecular flexibility index (Phi) is 5.43. The van der Waals surface area contributed by atoms with Crippen LogP contribution in [0.5, 0.6) is 0 Å². The van der Waals surface area contributed by atoms with Crippen molar-refractivity contribution < 1.29 is 9.90 Å². The summed E-state index contributed by atoms with van der Waals surface area (Å²) in [5, 5.41) is 8.71. The second-order valence-corrected chi connectivity index (χ2v) is 4.66. The van der Waals surface area contributed by atoms with Gasteiger partial charge in [0.1, 0.15) is 0 Å². The molecule has 98 valence electrons. The number of nitrogens with zero attached hydrogens (tertiary/aromatic N) is 1. The molecular formula is C15H21NO2. The van der Waals surface area contributed by atoms with E-state index in [0.717, 1.165) is 24.3 Å². The standard InChI is InChI=1S/C15H21NO2/c1-4-16(11-12(2)3)14-8-6-5-7-13(14)9-10-15(17)18/h5-10,12H,4,11H2,1-3H3,(H,17,18)/b10-9+. The number of hydrogen-bond acceptors (Lipinski definition) is 2. The summed E-state index contributed by atoms with van der Waals surface area (Å²) in [6, 6.07) is 7.88. The molecule has 18 heavy (non-hydrogen) atoms. The van der Waals surface area contributed by atoms with Crippen LogP contribution in [0.1, 0.15) is 26.3 Å². The molecule has 0 aliphatic heterocycles. The zero-order valence-corrected chi connectivity index (χ0v) is 11.3. The lowest BCUT2D eigenvalue weighted by Gasteiger charge is -2.26. The number of para-hydroxylation sites is 1. The van der Waals surface area contributed by atoms with Gasteiger partial charge in [-0.2, -0.15) is 0 Å². The van der Waals surface area contributed by atoms with Gasteiger partial charge < -0.3 is 10.0 Å². The lowest BCUT2D eigenvalue weighted by molar-refractivity contribution is -0.131. The molecule has 0 unspecified atom stereocenters. The third-order valence-corrected chi connectivity index (χ3v) is 2.65. The van der Waals surface area contributed by atoms with Crippen molar-refractivity contribution in [1.82, 2.24) is 0 Å². The van der Waals surface area contributed by atoms with E-state index in [0.29, 0.717) is 5.92 Å². The van der Waals surface area contributed by atoms with E-state index in [-0.39, 0.29) is 0 Å². The van der Waals surface area contributed by atoms with E-state index in [1.165, 1.54) is 6.08 Å². The lowest BCUT2D eigenvalue weighted by Crippen LogP contribution is -2.27. The van der Waals surface area contributed by atoms with Crippen LogP contribution in [-0.4, -0.2) is 24.2 Å². The predicted molar refractivity (Wildman–Crippen MR) is 75.8 cm³/mol. The molecule has 0 aromatic heterocycles. The summed E-state index contributed by atoms with van der Waals surface area (Å²) in [6.07, 6.45) is 2.84. The Morgan fingerprint density at radius 1 is 1.39 bits per heavy atom. The monoisotopic (exact) mass is 247 g/mol. The van der Waals surface area contributed by atoms with Crippen molar-refractivity contribution in [2.45, 2.75) is 20.8 Å². The molecule has 3 nitrogen and oxygen atoms in total. The third kappa shape index (κ3) is 4.24. The Morgan fingerprint density at radius 3 is 2.61 bits per heavy atom. The van der Waals surface area contributed by atoms with Crippen molar-refractivity contribution in [1.29, 1.82) is 0 Å². The number of anilines is 1. The van der Waals surface area contributed by atoms with E-state index >= 15 is 0 Å². The number of carbonyl (C=O) groups is 1. The minimum absolute atomic E-state index is 0.571. The average molecular weight is 247 g/mol. The van der Waals surface area contributed by atoms with Gasteiger partial charge in [-0.05, 0) is 30.5 Å². The largest absolute Gasteiger partial charge is 0.478 e. The number of carboxylic acids is 1. The highest BCUT2D eigenvalue weighted by molar-refractivity contribution is 5.87. The zero-order chi connectivity index (χ0) is 13.5. The Labute approximate surface area is 109 Å². The molecule has 0 aliphatic carbocycles. The molecule has 1 rings (SSSR count). The normalized spacial score (nSPS) is 11.1. The first-order valence-corrected chi connectivity index (χ1v) is 6.29. The van der Waals surface area contributed by atoms with Crippen LogP contribution in [0.2, 0.25) is 0 Å². The number of rotatable bonds is 6. The van der Waals surface area contributed by atoms with Crippen LogP contribution < -0.4 is 4.90 Å². The van der Waals surface area contributed by atoms with Crippen LogP contribution in [0.25, 0.3) is 6.08 Å². The molecule has 0 amide bonds. The Morgan fingerprint density at radius 2 is 2.06 bits per heavy atom. The number of carboxylic acid groups (broad SMARTS) is 1. The molecule has 0 fully saturated rings. The summed E-state index contributed by atoms with van der Waals surface area (Å²) in [4.78, 5) is 12.9. The summed E-state index contributed by atoms with van der Waals surface area (Å²) >= 11 is 0. The molecule has 0 bridgehead atoms. The smallest absolute Gasteiger partial charge is 0.328 e. The van der Waals surface area contributed by atoms with Gasteiger partial charge in [0.15, 0.2) is 0 Å². The quantitative estimate of drug-likeness (QED) is 0.784. The fourth-order valence-corrected chi connectivity index (χ4v) is 1.92. The highest BCUT2D eigenvalue weighted by Gasteiger charge is 2.09. The summed E-state index contributed by atoms with van der Waals surface area (Å²) in [5.74, 6) is -0.349. The SMILES string of the molecule is CCN(CC(C)C)c1ccccc1/C=C/C(=O)O. The average Bonchev–Trinajstić information content (AvgIpc) is 2.33. The van der Waals surface area contributed by atoms with E-state index in [1.807, 2.05) is 24.3 Å². The molecular weight excluding hydrogens is 226 g/mol. The fourth-order valence-electron chi connectivity index (χ4n) is 1.92. The van der Waals surface area contributed by atoms with Gasteiger partial charge in [0.2, 0.25) is 0 Å². The molecule has 1 aromatic rings. The second-order valence-electron chi connectivity index (χ2n) is 4.66. The maximum absolute atomic E-state index is 10.6. The molecule has 0 atom stereocenters. The van der Waals surface area contributed by atoms with Gasteiger partial charge in [0, 0.05) is 24.9 Å². The van der Waals surface area contributed by atoms with Gasteiger partial charge >= 0.3 is 5.97 Å². The third-order valence-electron chi connectivity index (χ3n) is 2.65. The van der Waals surface area contributed by atoms with Crippen molar-refractivity contribution in [3.63, 3.8) is 0 Å². The molecule has 0 aliphatic rings. The molecule has 1 N–H and O–H groups in total. The van der Waals surface area contributed by atoms with Gasteiger partial charge in [0.05, 0.1) is 0 Å². The van der Waals surface area contributed by atoms with Crippen molar-refractivity contribution >= 4 is 17.7 Å². The van der Waals surface area contributed by atoms with Gasteiger partial charge in [-0.25, -0.2) is 4.79 Å². The van der Waals surface area contributed by atoms with E-state index in [1.54, 1.807) is 6.08 Å². The molecule has 0 radical (unpaired) electrons. The summed E-state index contributed by atoms with van der Waals surface area (Å²) in [5.41, 5.74) is 2.04. The number of benzene rings is 1. The predicted octanol–water partition coefficient (Wildman–Crippen LogP) is 3.27. The van der Waals surface area contributed by atoms with Crippen LogP contribution in [0.3, 0.4) is 0 Å². The van der Waals surface area contributed by atoms with Crippen molar-refractivity contribution in [2.24, 2.45) is 5.92 Å². The molecule has 1 aromatic carbocycles. The van der Waals surface area contributed by atoms with Gasteiger partial charge in [-0.3, -0.25) is 0 Å². The minimum atomic E-state index is -0.920. The van der Waals surface area contributed by atoms with Crippen molar-refractivity contribution in [3.05, 3.63) is 35.9 Å². The van der Waals surface area contributed by atoms with Crippen molar-refractivity contribution in [3.8, 4) is 0 Å². The number of hydrogen-bond donors (Lipinski definition) is 1. The minimum Gasteiger partial charge on any atom is -0.478 e. The molecule has 0 saturated heterocycles. The second kappa shape index (κ2) is 6.84. The van der Waals surface area contributed by atoms with E-state index in [2.05, 4.69) is 25.7 Å². The zero-order valence-electron chi connectivity index (χ0n) is 11.3. The maximum Gasteiger partial charge on any atom is 0.328 e. The highest BCUT2D eigenvalue weighted by atomic mass is 16.4. The van der Waals surface area contributed by atoms with Crippen LogP contribution >= 0.6 is 0 Å². The summed E-state index contributed by atoms with van der Waals surface area (Å²) in [7, 11) is 0. The maximum atomic E-state index is 10.6. The molecule has 0 spiro atoms. The van der Waals surface area contributed by atoms with Gasteiger partial charge in [-0.1, -0.05) is 32.0 Å². The van der Waals surface area contributed by atoms with Crippen LogP contribution in [-0.2, 0) is 4.79 Å². The van der Waals surface area contributed by atoms with E-state index < -0.39 is 5.97 Å². The summed E-state index contributed by atoms with van der Waals surface area (Å²) in [6.45, 7) is 8.35. The van der Waals surface area contributed by atoms with Crippen molar-refractivity contribution in [2.75, 3.05) is 18.0 Å².